The van der Waals surface area contributed by atoms with Crippen LogP contribution < -0.4 is 10.3 Å². The summed E-state index contributed by atoms with van der Waals surface area (Å²) in [4.78, 5) is 38.6. The summed E-state index contributed by atoms with van der Waals surface area (Å²) in [5.41, 5.74) is 4.67. The molecular formula is C26H22N4O5. The molecule has 2 aliphatic heterocycles. The van der Waals surface area contributed by atoms with Crippen LogP contribution in [0.15, 0.2) is 97.1 Å². The van der Waals surface area contributed by atoms with Crippen molar-refractivity contribution in [1.82, 2.24) is 5.01 Å². The molecule has 2 N–H and O–H groups in total. The third-order valence-corrected chi connectivity index (χ3v) is 6.27. The van der Waals surface area contributed by atoms with Gasteiger partial charge in [0.2, 0.25) is 5.91 Å². The van der Waals surface area contributed by atoms with Crippen molar-refractivity contribution in [3.8, 4) is 0 Å². The topological polar surface area (TPSA) is 116 Å². The Labute approximate surface area is 201 Å². The summed E-state index contributed by atoms with van der Waals surface area (Å²) in [6.45, 7) is 0. The Balaban J connectivity index is 1.53. The van der Waals surface area contributed by atoms with E-state index in [1.165, 1.54) is 29.2 Å². The molecule has 2 aliphatic rings. The zero-order valence-corrected chi connectivity index (χ0v) is 18.5. The molecule has 9 heteroatoms. The minimum atomic E-state index is -1.01. The van der Waals surface area contributed by atoms with E-state index in [-0.39, 0.29) is 11.6 Å². The minimum absolute atomic E-state index is 0.0739. The molecule has 0 spiro atoms. The Morgan fingerprint density at radius 2 is 1.49 bits per heavy atom. The summed E-state index contributed by atoms with van der Waals surface area (Å²) in [6, 6.07) is 21.8. The van der Waals surface area contributed by atoms with Crippen LogP contribution in [0.4, 0.5) is 17.1 Å². The number of para-hydroxylation sites is 1. The number of nitrogens with zero attached hydrogens (tertiary/aromatic N) is 3. The van der Waals surface area contributed by atoms with Gasteiger partial charge in [-0.2, -0.15) is 0 Å². The van der Waals surface area contributed by atoms with E-state index in [2.05, 4.69) is 5.43 Å². The monoisotopic (exact) mass is 470 g/mol. The number of nitro benzene ring substituents is 1. The van der Waals surface area contributed by atoms with Crippen LogP contribution in [0.3, 0.4) is 0 Å². The molecule has 35 heavy (non-hydrogen) atoms. The van der Waals surface area contributed by atoms with Crippen molar-refractivity contribution in [3.05, 3.63) is 113 Å². The van der Waals surface area contributed by atoms with Crippen LogP contribution >= 0.6 is 0 Å². The van der Waals surface area contributed by atoms with Crippen LogP contribution in [-0.4, -0.2) is 38.9 Å². The van der Waals surface area contributed by atoms with Crippen molar-refractivity contribution in [2.45, 2.75) is 18.2 Å². The molecule has 1 saturated heterocycles. The van der Waals surface area contributed by atoms with Crippen LogP contribution in [0.1, 0.15) is 11.7 Å². The molecule has 0 radical (unpaired) electrons. The second-order valence-electron chi connectivity index (χ2n) is 8.37. The lowest BCUT2D eigenvalue weighted by Crippen LogP contribution is -2.55. The molecule has 176 valence electrons. The number of nitrogens with one attached hydrogen (secondary N) is 1. The van der Waals surface area contributed by atoms with Gasteiger partial charge in [0.05, 0.1) is 28.7 Å². The van der Waals surface area contributed by atoms with E-state index < -0.39 is 34.9 Å². The highest BCUT2D eigenvalue weighted by molar-refractivity contribution is 6.24. The van der Waals surface area contributed by atoms with E-state index >= 15 is 0 Å². The number of imide groups is 1. The quantitative estimate of drug-likeness (QED) is 0.245. The lowest BCUT2D eigenvalue weighted by Gasteiger charge is -2.40. The van der Waals surface area contributed by atoms with Crippen molar-refractivity contribution in [2.24, 2.45) is 5.92 Å². The van der Waals surface area contributed by atoms with Crippen molar-refractivity contribution in [1.29, 1.82) is 0 Å². The van der Waals surface area contributed by atoms with Crippen LogP contribution in [-0.2, 0) is 9.59 Å². The molecule has 0 saturated carbocycles. The van der Waals surface area contributed by atoms with E-state index in [1.54, 1.807) is 59.6 Å². The number of hydrogen-bond donors (Lipinski definition) is 2. The number of rotatable bonds is 6. The number of anilines is 2. The molecule has 0 aromatic heterocycles. The molecule has 2 amide bonds. The van der Waals surface area contributed by atoms with Crippen molar-refractivity contribution in [2.75, 3.05) is 10.3 Å². The van der Waals surface area contributed by atoms with Crippen LogP contribution in [0.5, 0.6) is 0 Å². The van der Waals surface area contributed by atoms with Crippen molar-refractivity contribution >= 4 is 28.9 Å². The molecule has 0 aliphatic carbocycles. The van der Waals surface area contributed by atoms with E-state index in [9.17, 15) is 24.8 Å². The average Bonchev–Trinajstić information content (AvgIpc) is 3.15. The van der Waals surface area contributed by atoms with Gasteiger partial charge in [-0.15, -0.1) is 0 Å². The summed E-state index contributed by atoms with van der Waals surface area (Å²) in [6.07, 6.45) is 2.39. The minimum Gasteiger partial charge on any atom is -0.386 e. The first-order chi connectivity index (χ1) is 17.0. The van der Waals surface area contributed by atoms with Gasteiger partial charge in [0.15, 0.2) is 0 Å². The summed E-state index contributed by atoms with van der Waals surface area (Å²) in [5, 5.41) is 23.9. The maximum atomic E-state index is 13.6. The Morgan fingerprint density at radius 1 is 0.857 bits per heavy atom. The predicted octanol–water partition coefficient (Wildman–Crippen LogP) is 3.45. The summed E-state index contributed by atoms with van der Waals surface area (Å²) < 4.78 is 0. The first-order valence-corrected chi connectivity index (χ1v) is 11.1. The van der Waals surface area contributed by atoms with E-state index in [4.69, 9.17) is 0 Å². The number of aliphatic hydroxyl groups is 1. The fourth-order valence-corrected chi connectivity index (χ4v) is 4.56. The standard InChI is InChI=1S/C26H22N4O5/c31-24(17-7-3-1-4-8-17)22-16-15-21-23(26(33)28(25(21)32)19-9-5-2-6-10-19)29(22)27-18-11-13-20(14-12-18)30(34)35/h1-16,21-24,27,31H. The van der Waals surface area contributed by atoms with Crippen LogP contribution in [0.25, 0.3) is 0 Å². The Morgan fingerprint density at radius 3 is 2.11 bits per heavy atom. The highest BCUT2D eigenvalue weighted by Gasteiger charge is 2.54. The smallest absolute Gasteiger partial charge is 0.269 e. The predicted molar refractivity (Wildman–Crippen MR) is 129 cm³/mol. The third-order valence-electron chi connectivity index (χ3n) is 6.27. The number of non-ortho nitro benzene ring substituents is 1. The zero-order chi connectivity index (χ0) is 24.5. The van der Waals surface area contributed by atoms with E-state index in [1.807, 2.05) is 18.2 Å². The lowest BCUT2D eigenvalue weighted by atomic mass is 9.90. The van der Waals surface area contributed by atoms with E-state index in [0.717, 1.165) is 0 Å². The number of benzene rings is 3. The number of carbonyl (C=O) groups excluding carboxylic acids is 2. The van der Waals surface area contributed by atoms with Gasteiger partial charge in [0.25, 0.3) is 11.6 Å². The molecule has 3 aromatic rings. The number of carbonyl (C=O) groups is 2. The SMILES string of the molecule is O=C1C2C=CC(C(O)c3ccccc3)N(Nc3ccc([N+](=O)[O-])cc3)C2C(=O)N1c1ccccc1. The van der Waals surface area contributed by atoms with Gasteiger partial charge in [-0.1, -0.05) is 60.7 Å². The van der Waals surface area contributed by atoms with Crippen LogP contribution in [0.2, 0.25) is 0 Å². The zero-order valence-electron chi connectivity index (χ0n) is 18.5. The van der Waals surface area contributed by atoms with Gasteiger partial charge >= 0.3 is 0 Å². The third kappa shape index (κ3) is 4.07. The van der Waals surface area contributed by atoms with Crippen LogP contribution in [0, 0.1) is 16.0 Å². The van der Waals surface area contributed by atoms with Gasteiger partial charge in [-0.05, 0) is 29.8 Å². The fourth-order valence-electron chi connectivity index (χ4n) is 4.56. The molecule has 1 fully saturated rings. The highest BCUT2D eigenvalue weighted by atomic mass is 16.6. The molecular weight excluding hydrogens is 448 g/mol. The number of fused-ring (bicyclic) bond motifs is 1. The highest BCUT2D eigenvalue weighted by Crippen LogP contribution is 2.38. The van der Waals surface area contributed by atoms with Gasteiger partial charge in [-0.3, -0.25) is 19.7 Å². The largest absolute Gasteiger partial charge is 0.386 e. The molecule has 5 rings (SSSR count). The van der Waals surface area contributed by atoms with Gasteiger partial charge in [-0.25, -0.2) is 9.91 Å². The Bertz CT molecular complexity index is 1280. The normalized spacial score (nSPS) is 22.7. The maximum absolute atomic E-state index is 13.6. The fraction of sp³-hybridized carbons (Fsp3) is 0.154. The summed E-state index contributed by atoms with van der Waals surface area (Å²) >= 11 is 0. The second-order valence-corrected chi connectivity index (χ2v) is 8.37. The average molecular weight is 470 g/mol. The molecule has 3 aromatic carbocycles. The molecule has 2 heterocycles. The van der Waals surface area contributed by atoms with Gasteiger partial charge in [0.1, 0.15) is 6.04 Å². The summed E-state index contributed by atoms with van der Waals surface area (Å²) in [5.74, 6) is -1.53. The molecule has 4 atom stereocenters. The van der Waals surface area contributed by atoms with Crippen molar-refractivity contribution in [3.63, 3.8) is 0 Å². The molecule has 4 unspecified atom stereocenters. The Hall–Kier alpha value is -4.34. The summed E-state index contributed by atoms with van der Waals surface area (Å²) in [7, 11) is 0. The maximum Gasteiger partial charge on any atom is 0.269 e. The van der Waals surface area contributed by atoms with Gasteiger partial charge < -0.3 is 10.5 Å². The first-order valence-electron chi connectivity index (χ1n) is 11.1. The number of nitro groups is 1. The second kappa shape index (κ2) is 9.13. The lowest BCUT2D eigenvalue weighted by molar-refractivity contribution is -0.384. The number of hydrazine groups is 1. The molecule has 9 nitrogen and oxygen atoms in total. The molecule has 0 bridgehead atoms. The number of amides is 2. The first kappa shape index (κ1) is 22.5. The van der Waals surface area contributed by atoms with Gasteiger partial charge in [0, 0.05) is 17.8 Å². The Kier molecular flexibility index (Phi) is 5.86. The van der Waals surface area contributed by atoms with E-state index in [0.29, 0.717) is 16.9 Å². The van der Waals surface area contributed by atoms with Crippen molar-refractivity contribution < 1.29 is 19.6 Å². The number of hydrogen-bond acceptors (Lipinski definition) is 7. The number of aliphatic hydroxyl groups excluding tert-OH is 1.